The first kappa shape index (κ1) is 16.2. The molecule has 24 heavy (non-hydrogen) atoms. The molecule has 0 bridgehead atoms. The molecule has 0 aliphatic carbocycles. The molecule has 0 spiro atoms. The van der Waals surface area contributed by atoms with E-state index in [0.29, 0.717) is 5.69 Å². The highest BCUT2D eigenvalue weighted by Gasteiger charge is 2.19. The molecule has 9 heteroatoms. The van der Waals surface area contributed by atoms with Crippen LogP contribution in [0.5, 0.6) is 0 Å². The summed E-state index contributed by atoms with van der Waals surface area (Å²) in [5, 5.41) is 5.44. The van der Waals surface area contributed by atoms with Crippen LogP contribution in [0.4, 0.5) is 8.78 Å². The van der Waals surface area contributed by atoms with Crippen LogP contribution in [0.15, 0.2) is 28.5 Å². The predicted octanol–water partition coefficient (Wildman–Crippen LogP) is 2.36. The summed E-state index contributed by atoms with van der Waals surface area (Å²) in [6.07, 6.45) is 1.26. The van der Waals surface area contributed by atoms with Crippen molar-refractivity contribution in [2.75, 3.05) is 6.61 Å². The van der Waals surface area contributed by atoms with Crippen LogP contribution in [0.3, 0.4) is 0 Å². The van der Waals surface area contributed by atoms with Crippen LogP contribution in [0.2, 0.25) is 0 Å². The van der Waals surface area contributed by atoms with E-state index in [0.717, 1.165) is 23.7 Å². The highest BCUT2D eigenvalue weighted by molar-refractivity contribution is 7.03. The molecule has 2 heterocycles. The number of hydrogen-bond acceptors (Lipinski definition) is 6. The van der Waals surface area contributed by atoms with Crippen LogP contribution in [0.25, 0.3) is 10.9 Å². The van der Waals surface area contributed by atoms with Crippen molar-refractivity contribution in [3.05, 3.63) is 56.8 Å². The Labute approximate surface area is 138 Å². The van der Waals surface area contributed by atoms with Gasteiger partial charge in [0.25, 0.3) is 0 Å². The fraction of sp³-hybridized carbons (Fsp3) is 0.200. The Morgan fingerprint density at radius 2 is 2.08 bits per heavy atom. The number of halogens is 2. The van der Waals surface area contributed by atoms with Gasteiger partial charge < -0.3 is 9.30 Å². The fourth-order valence-corrected chi connectivity index (χ4v) is 2.74. The van der Waals surface area contributed by atoms with Crippen LogP contribution in [0, 0.1) is 11.6 Å². The van der Waals surface area contributed by atoms with E-state index in [9.17, 15) is 18.4 Å². The Balaban J connectivity index is 2.27. The Bertz CT molecular complexity index is 970. The van der Waals surface area contributed by atoms with E-state index in [-0.39, 0.29) is 29.6 Å². The SMILES string of the molecule is CCOC(=O)c1cn(Cc2csnn2)c2cc(F)c(F)cc2c1=O. The van der Waals surface area contributed by atoms with Gasteiger partial charge in [-0.05, 0) is 24.5 Å². The molecule has 2 aromatic heterocycles. The lowest BCUT2D eigenvalue weighted by molar-refractivity contribution is 0.0524. The maximum absolute atomic E-state index is 13.6. The molecule has 3 aromatic rings. The smallest absolute Gasteiger partial charge is 0.343 e. The van der Waals surface area contributed by atoms with Gasteiger partial charge in [-0.2, -0.15) is 0 Å². The van der Waals surface area contributed by atoms with Gasteiger partial charge in [0.2, 0.25) is 5.43 Å². The zero-order chi connectivity index (χ0) is 17.3. The van der Waals surface area contributed by atoms with Crippen molar-refractivity contribution < 1.29 is 18.3 Å². The minimum Gasteiger partial charge on any atom is -0.462 e. The monoisotopic (exact) mass is 351 g/mol. The van der Waals surface area contributed by atoms with Crippen LogP contribution in [-0.4, -0.2) is 26.7 Å². The second-order valence-electron chi connectivity index (χ2n) is 4.90. The minimum absolute atomic E-state index is 0.0874. The molecular formula is C15H11F2N3O3S. The van der Waals surface area contributed by atoms with Crippen LogP contribution >= 0.6 is 11.5 Å². The Kier molecular flexibility index (Phi) is 4.34. The largest absolute Gasteiger partial charge is 0.462 e. The molecule has 0 unspecified atom stereocenters. The summed E-state index contributed by atoms with van der Waals surface area (Å²) in [5.41, 5.74) is -0.252. The number of ether oxygens (including phenoxy) is 1. The molecule has 0 radical (unpaired) electrons. The number of pyridine rings is 1. The van der Waals surface area contributed by atoms with Gasteiger partial charge in [0, 0.05) is 23.0 Å². The number of hydrogen-bond donors (Lipinski definition) is 0. The number of carbonyl (C=O) groups excluding carboxylic acids is 1. The Morgan fingerprint density at radius 3 is 2.75 bits per heavy atom. The molecule has 6 nitrogen and oxygen atoms in total. The summed E-state index contributed by atoms with van der Waals surface area (Å²) in [4.78, 5) is 24.4. The first-order valence-corrected chi connectivity index (χ1v) is 7.80. The number of nitrogens with zero attached hydrogens (tertiary/aromatic N) is 3. The van der Waals surface area contributed by atoms with Crippen molar-refractivity contribution >= 4 is 28.4 Å². The zero-order valence-corrected chi connectivity index (χ0v) is 13.3. The molecule has 0 N–H and O–H groups in total. The quantitative estimate of drug-likeness (QED) is 0.675. The lowest BCUT2D eigenvalue weighted by Gasteiger charge is -2.12. The van der Waals surface area contributed by atoms with E-state index >= 15 is 0 Å². The maximum atomic E-state index is 13.6. The number of aromatic nitrogens is 3. The maximum Gasteiger partial charge on any atom is 0.343 e. The molecular weight excluding hydrogens is 340 g/mol. The van der Waals surface area contributed by atoms with Gasteiger partial charge in [-0.1, -0.05) is 4.49 Å². The molecule has 124 valence electrons. The molecule has 0 saturated carbocycles. The first-order chi connectivity index (χ1) is 11.5. The number of fused-ring (bicyclic) bond motifs is 1. The van der Waals surface area contributed by atoms with E-state index in [1.807, 2.05) is 0 Å². The van der Waals surface area contributed by atoms with Crippen molar-refractivity contribution in [1.29, 1.82) is 0 Å². The van der Waals surface area contributed by atoms with Gasteiger partial charge in [-0.15, -0.1) is 5.10 Å². The first-order valence-electron chi connectivity index (χ1n) is 6.96. The summed E-state index contributed by atoms with van der Waals surface area (Å²) in [6.45, 7) is 1.84. The second-order valence-corrected chi connectivity index (χ2v) is 5.51. The number of benzene rings is 1. The molecule has 0 saturated heterocycles. The van der Waals surface area contributed by atoms with Crippen LogP contribution in [0.1, 0.15) is 23.0 Å². The number of esters is 1. The van der Waals surface area contributed by atoms with Gasteiger partial charge >= 0.3 is 5.97 Å². The highest BCUT2D eigenvalue weighted by Crippen LogP contribution is 2.18. The van der Waals surface area contributed by atoms with Crippen molar-refractivity contribution in [1.82, 2.24) is 14.2 Å². The number of carbonyl (C=O) groups is 1. The van der Waals surface area contributed by atoms with Crippen molar-refractivity contribution in [2.24, 2.45) is 0 Å². The van der Waals surface area contributed by atoms with Crippen molar-refractivity contribution in [2.45, 2.75) is 13.5 Å². The Morgan fingerprint density at radius 1 is 1.33 bits per heavy atom. The predicted molar refractivity (Wildman–Crippen MR) is 83.1 cm³/mol. The third-order valence-corrected chi connectivity index (χ3v) is 3.91. The molecule has 0 aliphatic rings. The topological polar surface area (TPSA) is 74.1 Å². The normalized spacial score (nSPS) is 11.0. The lowest BCUT2D eigenvalue weighted by Crippen LogP contribution is -2.21. The van der Waals surface area contributed by atoms with Crippen molar-refractivity contribution in [3.8, 4) is 0 Å². The number of rotatable bonds is 4. The zero-order valence-electron chi connectivity index (χ0n) is 12.5. The molecule has 0 amide bonds. The van der Waals surface area contributed by atoms with Gasteiger partial charge in [0.05, 0.1) is 24.4 Å². The van der Waals surface area contributed by atoms with Gasteiger partial charge in [0.1, 0.15) is 5.56 Å². The van der Waals surface area contributed by atoms with Gasteiger partial charge in [-0.3, -0.25) is 4.79 Å². The molecule has 0 aliphatic heterocycles. The summed E-state index contributed by atoms with van der Waals surface area (Å²) in [7, 11) is 0. The fourth-order valence-electron chi connectivity index (χ4n) is 2.30. The van der Waals surface area contributed by atoms with E-state index < -0.39 is 23.0 Å². The van der Waals surface area contributed by atoms with Crippen LogP contribution in [-0.2, 0) is 11.3 Å². The standard InChI is InChI=1S/C15H11F2N3O3S/c1-2-23-15(22)10-6-20(5-8-7-24-19-18-8)13-4-12(17)11(16)3-9(13)14(10)21/h3-4,6-7H,2,5H2,1H3. The van der Waals surface area contributed by atoms with E-state index in [4.69, 9.17) is 4.74 Å². The summed E-state index contributed by atoms with van der Waals surface area (Å²) >= 11 is 1.13. The van der Waals surface area contributed by atoms with E-state index in [1.165, 1.54) is 10.8 Å². The average Bonchev–Trinajstić information content (AvgIpc) is 3.05. The van der Waals surface area contributed by atoms with E-state index in [1.54, 1.807) is 12.3 Å². The lowest BCUT2D eigenvalue weighted by atomic mass is 10.1. The molecule has 1 aromatic carbocycles. The van der Waals surface area contributed by atoms with Gasteiger partial charge in [-0.25, -0.2) is 13.6 Å². The summed E-state index contributed by atoms with van der Waals surface area (Å²) in [6, 6.07) is 1.70. The third kappa shape index (κ3) is 2.90. The highest BCUT2D eigenvalue weighted by atomic mass is 32.1. The van der Waals surface area contributed by atoms with Crippen molar-refractivity contribution in [3.63, 3.8) is 0 Å². The minimum atomic E-state index is -1.16. The summed E-state index contributed by atoms with van der Waals surface area (Å²) in [5.74, 6) is -3.07. The molecule has 0 fully saturated rings. The van der Waals surface area contributed by atoms with E-state index in [2.05, 4.69) is 9.59 Å². The van der Waals surface area contributed by atoms with Gasteiger partial charge in [0.15, 0.2) is 11.6 Å². The average molecular weight is 351 g/mol. The molecule has 3 rings (SSSR count). The summed E-state index contributed by atoms with van der Waals surface area (Å²) < 4.78 is 37.2. The second kappa shape index (κ2) is 6.44. The molecule has 0 atom stereocenters. The Hall–Kier alpha value is -2.68. The third-order valence-electron chi connectivity index (χ3n) is 3.36. The van der Waals surface area contributed by atoms with Crippen LogP contribution < -0.4 is 5.43 Å².